The fourth-order valence-corrected chi connectivity index (χ4v) is 2.52. The minimum absolute atomic E-state index is 0.122. The molecule has 1 saturated heterocycles. The van der Waals surface area contributed by atoms with Gasteiger partial charge in [-0.25, -0.2) is 4.79 Å². The molecule has 4 nitrogen and oxygen atoms in total. The Labute approximate surface area is 123 Å². The van der Waals surface area contributed by atoms with Gasteiger partial charge in [0.25, 0.3) is 0 Å². The molecule has 0 aromatic rings. The molecular formula is C16H29NO3. The Morgan fingerprint density at radius 1 is 1.35 bits per heavy atom. The van der Waals surface area contributed by atoms with Crippen LogP contribution in [0, 0.1) is 0 Å². The number of nitrogens with zero attached hydrogens (tertiary/aromatic N) is 1. The number of amides is 1. The summed E-state index contributed by atoms with van der Waals surface area (Å²) in [6.07, 6.45) is 6.76. The molecular weight excluding hydrogens is 254 g/mol. The van der Waals surface area contributed by atoms with Crippen LogP contribution in [-0.2, 0) is 9.47 Å². The van der Waals surface area contributed by atoms with E-state index in [1.165, 1.54) is 0 Å². The second-order valence-electron chi connectivity index (χ2n) is 6.57. The fraction of sp³-hybridized carbons (Fsp3) is 0.812. The first-order valence-electron chi connectivity index (χ1n) is 7.50. The third kappa shape index (κ3) is 4.23. The number of carbonyl (C=O) groups is 1. The van der Waals surface area contributed by atoms with Crippen molar-refractivity contribution in [2.24, 2.45) is 0 Å². The number of hydrogen-bond acceptors (Lipinski definition) is 3. The van der Waals surface area contributed by atoms with E-state index < -0.39 is 5.72 Å². The van der Waals surface area contributed by atoms with Crippen LogP contribution in [0.25, 0.3) is 0 Å². The van der Waals surface area contributed by atoms with Crippen LogP contribution in [0.4, 0.5) is 4.79 Å². The van der Waals surface area contributed by atoms with Crippen LogP contribution in [0.15, 0.2) is 12.2 Å². The average molecular weight is 283 g/mol. The van der Waals surface area contributed by atoms with Gasteiger partial charge in [-0.3, -0.25) is 4.90 Å². The first-order valence-corrected chi connectivity index (χ1v) is 7.50. The molecule has 0 aliphatic carbocycles. The molecule has 0 radical (unpaired) electrons. The molecule has 1 heterocycles. The maximum atomic E-state index is 12.4. The van der Waals surface area contributed by atoms with Gasteiger partial charge in [0.1, 0.15) is 11.8 Å². The molecule has 1 aliphatic heterocycles. The van der Waals surface area contributed by atoms with E-state index in [0.29, 0.717) is 6.61 Å². The Morgan fingerprint density at radius 2 is 2.00 bits per heavy atom. The van der Waals surface area contributed by atoms with E-state index >= 15 is 0 Å². The zero-order valence-corrected chi connectivity index (χ0v) is 13.7. The highest BCUT2D eigenvalue weighted by atomic mass is 16.6. The summed E-state index contributed by atoms with van der Waals surface area (Å²) in [6, 6.07) is 0. The number of hydrogen-bond donors (Lipinski definition) is 0. The van der Waals surface area contributed by atoms with Crippen molar-refractivity contribution >= 4 is 6.09 Å². The van der Waals surface area contributed by atoms with Crippen LogP contribution < -0.4 is 0 Å². The Bertz CT molecular complexity index is 345. The quantitative estimate of drug-likeness (QED) is 0.713. The lowest BCUT2D eigenvalue weighted by Gasteiger charge is -2.37. The summed E-state index contributed by atoms with van der Waals surface area (Å²) in [5.41, 5.74) is -0.948. The smallest absolute Gasteiger partial charge is 0.412 e. The lowest BCUT2D eigenvalue weighted by atomic mass is 10.0. The number of allylic oxidation sites excluding steroid dienone is 1. The van der Waals surface area contributed by atoms with Crippen LogP contribution in [0.3, 0.4) is 0 Å². The van der Waals surface area contributed by atoms with Crippen molar-refractivity contribution in [1.82, 2.24) is 4.90 Å². The van der Waals surface area contributed by atoms with Crippen molar-refractivity contribution in [1.29, 1.82) is 0 Å². The molecule has 1 fully saturated rings. The normalized spacial score (nSPS) is 22.2. The average Bonchev–Trinajstić information content (AvgIpc) is 2.54. The molecule has 0 aromatic carbocycles. The predicted molar refractivity (Wildman–Crippen MR) is 80.6 cm³/mol. The van der Waals surface area contributed by atoms with Gasteiger partial charge in [-0.05, 0) is 41.0 Å². The van der Waals surface area contributed by atoms with Crippen molar-refractivity contribution < 1.29 is 14.3 Å². The van der Waals surface area contributed by atoms with Crippen molar-refractivity contribution in [3.8, 4) is 0 Å². The van der Waals surface area contributed by atoms with Gasteiger partial charge in [-0.1, -0.05) is 25.5 Å². The SMILES string of the molecule is CCCC=CC[C@@H](C)OC(=O)N1C(C)(C)COC1(C)C. The van der Waals surface area contributed by atoms with Gasteiger partial charge in [0, 0.05) is 6.42 Å². The molecule has 116 valence electrons. The summed E-state index contributed by atoms with van der Waals surface area (Å²) in [5.74, 6) is 0. The van der Waals surface area contributed by atoms with E-state index in [1.54, 1.807) is 4.90 Å². The van der Waals surface area contributed by atoms with Gasteiger partial charge < -0.3 is 9.47 Å². The third-order valence-electron chi connectivity index (χ3n) is 3.50. The molecule has 1 amide bonds. The van der Waals surface area contributed by atoms with Crippen molar-refractivity contribution in [3.63, 3.8) is 0 Å². The van der Waals surface area contributed by atoms with E-state index in [9.17, 15) is 4.79 Å². The minimum Gasteiger partial charge on any atom is -0.446 e. The zero-order valence-electron chi connectivity index (χ0n) is 13.7. The van der Waals surface area contributed by atoms with Crippen LogP contribution in [0.5, 0.6) is 0 Å². The number of carbonyl (C=O) groups excluding carboxylic acids is 1. The molecule has 0 bridgehead atoms. The van der Waals surface area contributed by atoms with Gasteiger partial charge >= 0.3 is 6.09 Å². The van der Waals surface area contributed by atoms with E-state index in [-0.39, 0.29) is 17.7 Å². The summed E-state index contributed by atoms with van der Waals surface area (Å²) in [5, 5.41) is 0. The highest BCUT2D eigenvalue weighted by Gasteiger charge is 2.49. The highest BCUT2D eigenvalue weighted by molar-refractivity contribution is 5.70. The number of ether oxygens (including phenoxy) is 2. The van der Waals surface area contributed by atoms with E-state index in [0.717, 1.165) is 19.3 Å². The summed E-state index contributed by atoms with van der Waals surface area (Å²) in [7, 11) is 0. The van der Waals surface area contributed by atoms with E-state index in [4.69, 9.17) is 9.47 Å². The monoisotopic (exact) mass is 283 g/mol. The Morgan fingerprint density at radius 3 is 2.50 bits per heavy atom. The van der Waals surface area contributed by atoms with Crippen LogP contribution >= 0.6 is 0 Å². The molecule has 20 heavy (non-hydrogen) atoms. The van der Waals surface area contributed by atoms with E-state index in [2.05, 4.69) is 19.1 Å². The van der Waals surface area contributed by atoms with Gasteiger partial charge in [-0.15, -0.1) is 0 Å². The molecule has 1 aliphatic rings. The predicted octanol–water partition coefficient (Wildman–Crippen LogP) is 4.10. The third-order valence-corrected chi connectivity index (χ3v) is 3.50. The number of unbranched alkanes of at least 4 members (excludes halogenated alkanes) is 1. The molecule has 0 saturated carbocycles. The minimum atomic E-state index is -0.613. The second kappa shape index (κ2) is 6.61. The van der Waals surface area contributed by atoms with E-state index in [1.807, 2.05) is 34.6 Å². The Kier molecular flexibility index (Phi) is 5.63. The van der Waals surface area contributed by atoms with Crippen LogP contribution in [0.2, 0.25) is 0 Å². The van der Waals surface area contributed by atoms with Gasteiger partial charge in [0.2, 0.25) is 0 Å². The molecule has 0 spiro atoms. The highest BCUT2D eigenvalue weighted by Crippen LogP contribution is 2.35. The summed E-state index contributed by atoms with van der Waals surface area (Å²) in [4.78, 5) is 14.1. The molecule has 0 aromatic heterocycles. The largest absolute Gasteiger partial charge is 0.446 e. The summed E-state index contributed by atoms with van der Waals surface area (Å²) in [6.45, 7) is 12.4. The van der Waals surface area contributed by atoms with Crippen molar-refractivity contribution in [2.75, 3.05) is 6.61 Å². The van der Waals surface area contributed by atoms with Gasteiger partial charge in [0.15, 0.2) is 0 Å². The zero-order chi connectivity index (χ0) is 15.4. The molecule has 1 atom stereocenters. The molecule has 0 unspecified atom stereocenters. The van der Waals surface area contributed by atoms with Gasteiger partial charge in [0.05, 0.1) is 12.1 Å². The van der Waals surface area contributed by atoms with Gasteiger partial charge in [-0.2, -0.15) is 0 Å². The lowest BCUT2D eigenvalue weighted by molar-refractivity contribution is -0.0569. The lowest BCUT2D eigenvalue weighted by Crippen LogP contribution is -2.53. The standard InChI is InChI=1S/C16H29NO3/c1-7-8-9-10-11-13(2)20-14(18)17-15(3,4)12-19-16(17,5)6/h9-10,13H,7-8,11-12H2,1-6H3/t13-/m1/s1. The topological polar surface area (TPSA) is 38.8 Å². The van der Waals surface area contributed by atoms with Crippen LogP contribution in [-0.4, -0.2) is 35.0 Å². The summed E-state index contributed by atoms with van der Waals surface area (Å²) >= 11 is 0. The number of rotatable bonds is 5. The maximum Gasteiger partial charge on any atom is 0.412 e. The molecule has 1 rings (SSSR count). The molecule has 4 heteroatoms. The Balaban J connectivity index is 2.57. The van der Waals surface area contributed by atoms with Crippen LogP contribution in [0.1, 0.15) is 60.8 Å². The summed E-state index contributed by atoms with van der Waals surface area (Å²) < 4.78 is 11.2. The fourth-order valence-electron chi connectivity index (χ4n) is 2.52. The second-order valence-corrected chi connectivity index (χ2v) is 6.57. The molecule has 0 N–H and O–H groups in total. The Hall–Kier alpha value is -1.03. The first kappa shape index (κ1) is 17.0. The van der Waals surface area contributed by atoms with Crippen molar-refractivity contribution in [2.45, 2.75) is 78.2 Å². The first-order chi connectivity index (χ1) is 9.20. The maximum absolute atomic E-state index is 12.4. The van der Waals surface area contributed by atoms with Crippen molar-refractivity contribution in [3.05, 3.63) is 12.2 Å².